The molecule has 0 aromatic rings. The molecule has 0 bridgehead atoms. The molecule has 0 fully saturated rings. The maximum atomic E-state index is 12.0. The first-order valence-corrected chi connectivity index (χ1v) is 5.99. The quantitative estimate of drug-likeness (QED) is 0.399. The van der Waals surface area contributed by atoms with Crippen molar-refractivity contribution < 1.29 is 14.3 Å². The summed E-state index contributed by atoms with van der Waals surface area (Å²) < 4.78 is 5.05. The van der Waals surface area contributed by atoms with Crippen LogP contribution in [-0.4, -0.2) is 18.9 Å². The molecule has 0 amide bonds. The number of aldehydes is 1. The van der Waals surface area contributed by atoms with Gasteiger partial charge in [0.05, 0.1) is 6.61 Å². The summed E-state index contributed by atoms with van der Waals surface area (Å²) in [5.41, 5.74) is -1.41. The van der Waals surface area contributed by atoms with Gasteiger partial charge in [-0.1, -0.05) is 40.5 Å². The standard InChI is InChI=1S/C13H24O3/c1-6-8-9-13(10-14,12(3,4)5)11(15)16-7-2/h10H,6-9H2,1-5H3. The molecule has 3 heteroatoms. The molecule has 3 nitrogen and oxygen atoms in total. The number of unbranched alkanes of at least 4 members (excludes halogenated alkanes) is 1. The Morgan fingerprint density at radius 3 is 2.12 bits per heavy atom. The molecular formula is C13H24O3. The van der Waals surface area contributed by atoms with Crippen LogP contribution in [0.1, 0.15) is 53.9 Å². The Bertz CT molecular complexity index is 240. The topological polar surface area (TPSA) is 43.4 Å². The Labute approximate surface area is 98.6 Å². The molecule has 1 unspecified atom stereocenters. The summed E-state index contributed by atoms with van der Waals surface area (Å²) >= 11 is 0. The van der Waals surface area contributed by atoms with E-state index in [1.807, 2.05) is 27.7 Å². The number of hydrogen-bond donors (Lipinski definition) is 0. The van der Waals surface area contributed by atoms with Crippen LogP contribution in [0.3, 0.4) is 0 Å². The molecule has 0 spiro atoms. The van der Waals surface area contributed by atoms with E-state index in [1.165, 1.54) is 0 Å². The summed E-state index contributed by atoms with van der Waals surface area (Å²) in [5.74, 6) is -0.383. The van der Waals surface area contributed by atoms with Crippen LogP contribution in [0.4, 0.5) is 0 Å². The Morgan fingerprint density at radius 1 is 1.25 bits per heavy atom. The van der Waals surface area contributed by atoms with Crippen molar-refractivity contribution >= 4 is 12.3 Å². The summed E-state index contributed by atoms with van der Waals surface area (Å²) in [4.78, 5) is 23.4. The normalized spacial score (nSPS) is 15.3. The van der Waals surface area contributed by atoms with Gasteiger partial charge in [0.25, 0.3) is 0 Å². The van der Waals surface area contributed by atoms with Gasteiger partial charge in [0.15, 0.2) is 0 Å². The molecule has 0 rings (SSSR count). The predicted molar refractivity (Wildman–Crippen MR) is 64.1 cm³/mol. The fourth-order valence-corrected chi connectivity index (χ4v) is 1.78. The van der Waals surface area contributed by atoms with E-state index < -0.39 is 10.8 Å². The predicted octanol–water partition coefficient (Wildman–Crippen LogP) is 2.97. The Morgan fingerprint density at radius 2 is 1.81 bits per heavy atom. The molecular weight excluding hydrogens is 204 g/mol. The molecule has 0 aliphatic heterocycles. The van der Waals surface area contributed by atoms with E-state index in [1.54, 1.807) is 6.92 Å². The highest BCUT2D eigenvalue weighted by Gasteiger charge is 2.49. The van der Waals surface area contributed by atoms with Gasteiger partial charge in [-0.25, -0.2) is 0 Å². The van der Waals surface area contributed by atoms with Crippen molar-refractivity contribution in [2.45, 2.75) is 53.9 Å². The second kappa shape index (κ2) is 6.02. The Hall–Kier alpha value is -0.860. The third-order valence-electron chi connectivity index (χ3n) is 3.10. The minimum Gasteiger partial charge on any atom is -0.465 e. The lowest BCUT2D eigenvalue weighted by atomic mass is 9.65. The van der Waals surface area contributed by atoms with E-state index in [0.717, 1.165) is 19.1 Å². The van der Waals surface area contributed by atoms with Crippen LogP contribution in [-0.2, 0) is 14.3 Å². The lowest BCUT2D eigenvalue weighted by Gasteiger charge is -2.38. The first-order valence-electron chi connectivity index (χ1n) is 5.99. The average molecular weight is 228 g/mol. The van der Waals surface area contributed by atoms with E-state index >= 15 is 0 Å². The maximum absolute atomic E-state index is 12.0. The summed E-state index contributed by atoms with van der Waals surface area (Å²) in [6, 6.07) is 0. The van der Waals surface area contributed by atoms with Crippen LogP contribution in [0.5, 0.6) is 0 Å². The van der Waals surface area contributed by atoms with Crippen molar-refractivity contribution in [2.75, 3.05) is 6.61 Å². The van der Waals surface area contributed by atoms with Crippen molar-refractivity contribution in [3.8, 4) is 0 Å². The monoisotopic (exact) mass is 228 g/mol. The third kappa shape index (κ3) is 3.06. The minimum atomic E-state index is -1.00. The van der Waals surface area contributed by atoms with Gasteiger partial charge >= 0.3 is 5.97 Å². The van der Waals surface area contributed by atoms with Gasteiger partial charge in [0.1, 0.15) is 11.7 Å². The summed E-state index contributed by atoms with van der Waals surface area (Å²) in [6.07, 6.45) is 3.16. The van der Waals surface area contributed by atoms with Crippen LogP contribution in [0, 0.1) is 10.8 Å². The highest BCUT2D eigenvalue weighted by atomic mass is 16.5. The lowest BCUT2D eigenvalue weighted by molar-refractivity contribution is -0.165. The van der Waals surface area contributed by atoms with Crippen molar-refractivity contribution in [3.05, 3.63) is 0 Å². The molecule has 0 aromatic carbocycles. The number of carbonyl (C=O) groups excluding carboxylic acids is 2. The molecule has 0 aliphatic carbocycles. The van der Waals surface area contributed by atoms with E-state index in [9.17, 15) is 9.59 Å². The molecule has 0 aromatic heterocycles. The third-order valence-corrected chi connectivity index (χ3v) is 3.10. The molecule has 0 aliphatic rings. The highest BCUT2D eigenvalue weighted by molar-refractivity contribution is 5.94. The van der Waals surface area contributed by atoms with Crippen molar-refractivity contribution in [1.29, 1.82) is 0 Å². The second-order valence-corrected chi connectivity index (χ2v) is 5.16. The smallest absolute Gasteiger partial charge is 0.319 e. The summed E-state index contributed by atoms with van der Waals surface area (Å²) in [5, 5.41) is 0. The number of esters is 1. The Balaban J connectivity index is 5.11. The van der Waals surface area contributed by atoms with Crippen LogP contribution in [0.2, 0.25) is 0 Å². The number of ether oxygens (including phenoxy) is 1. The molecule has 0 saturated heterocycles. The van der Waals surface area contributed by atoms with E-state index in [2.05, 4.69) is 0 Å². The summed E-state index contributed by atoms with van der Waals surface area (Å²) in [6.45, 7) is 9.85. The van der Waals surface area contributed by atoms with Crippen molar-refractivity contribution in [1.82, 2.24) is 0 Å². The minimum absolute atomic E-state index is 0.316. The van der Waals surface area contributed by atoms with Crippen molar-refractivity contribution in [2.24, 2.45) is 10.8 Å². The largest absolute Gasteiger partial charge is 0.465 e. The van der Waals surface area contributed by atoms with Gasteiger partial charge in [0.2, 0.25) is 0 Å². The lowest BCUT2D eigenvalue weighted by Crippen LogP contribution is -2.45. The molecule has 0 N–H and O–H groups in total. The molecule has 1 atom stereocenters. The fourth-order valence-electron chi connectivity index (χ4n) is 1.78. The summed E-state index contributed by atoms with van der Waals surface area (Å²) in [7, 11) is 0. The van der Waals surface area contributed by atoms with Crippen LogP contribution in [0.15, 0.2) is 0 Å². The Kier molecular flexibility index (Phi) is 5.70. The molecule has 16 heavy (non-hydrogen) atoms. The van der Waals surface area contributed by atoms with Crippen molar-refractivity contribution in [3.63, 3.8) is 0 Å². The van der Waals surface area contributed by atoms with Crippen LogP contribution in [0.25, 0.3) is 0 Å². The first kappa shape index (κ1) is 15.1. The molecule has 0 radical (unpaired) electrons. The maximum Gasteiger partial charge on any atom is 0.319 e. The van der Waals surface area contributed by atoms with Gasteiger partial charge in [-0.2, -0.15) is 0 Å². The highest BCUT2D eigenvalue weighted by Crippen LogP contribution is 2.42. The number of carbonyl (C=O) groups is 2. The van der Waals surface area contributed by atoms with E-state index in [0.29, 0.717) is 13.0 Å². The van der Waals surface area contributed by atoms with Crippen LogP contribution < -0.4 is 0 Å². The van der Waals surface area contributed by atoms with Gasteiger partial charge < -0.3 is 9.53 Å². The number of hydrogen-bond acceptors (Lipinski definition) is 3. The zero-order valence-corrected chi connectivity index (χ0v) is 11.1. The SMILES string of the molecule is CCCCC(C=O)(C(=O)OCC)C(C)(C)C. The zero-order chi connectivity index (χ0) is 12.8. The van der Waals surface area contributed by atoms with Gasteiger partial charge in [-0.3, -0.25) is 4.79 Å². The van der Waals surface area contributed by atoms with E-state index in [-0.39, 0.29) is 5.97 Å². The molecule has 0 heterocycles. The molecule has 0 saturated carbocycles. The fraction of sp³-hybridized carbons (Fsp3) is 0.846. The zero-order valence-electron chi connectivity index (χ0n) is 11.1. The van der Waals surface area contributed by atoms with Gasteiger partial charge in [-0.15, -0.1) is 0 Å². The van der Waals surface area contributed by atoms with Gasteiger partial charge in [-0.05, 0) is 18.8 Å². The molecule has 94 valence electrons. The van der Waals surface area contributed by atoms with E-state index in [4.69, 9.17) is 4.74 Å². The van der Waals surface area contributed by atoms with Gasteiger partial charge in [0, 0.05) is 0 Å². The number of rotatable bonds is 6. The average Bonchev–Trinajstić information content (AvgIpc) is 2.18. The second-order valence-electron chi connectivity index (χ2n) is 5.16. The first-order chi connectivity index (χ1) is 7.35. The van der Waals surface area contributed by atoms with Crippen LogP contribution >= 0.6 is 0 Å².